The monoisotopic (exact) mass is 400 g/mol. The summed E-state index contributed by atoms with van der Waals surface area (Å²) in [6, 6.07) is 8.81. The fraction of sp³-hybridized carbons (Fsp3) is 0.348. The summed E-state index contributed by atoms with van der Waals surface area (Å²) in [6.07, 6.45) is 3.19. The van der Waals surface area contributed by atoms with Crippen LogP contribution in [0.1, 0.15) is 36.7 Å². The van der Waals surface area contributed by atoms with Crippen LogP contribution in [0.5, 0.6) is 28.7 Å². The molecule has 0 saturated carbocycles. The molecule has 0 aliphatic heterocycles. The number of methoxy groups -OCH3 is 2. The molecule has 0 unspecified atom stereocenters. The van der Waals surface area contributed by atoms with Gasteiger partial charge in [0.2, 0.25) is 5.75 Å². The Kier molecular flexibility index (Phi) is 8.40. The first kappa shape index (κ1) is 22.1. The summed E-state index contributed by atoms with van der Waals surface area (Å²) in [6.45, 7) is 7.12. The Balaban J connectivity index is 2.36. The van der Waals surface area contributed by atoms with E-state index in [0.29, 0.717) is 54.1 Å². The van der Waals surface area contributed by atoms with Gasteiger partial charge in [-0.15, -0.1) is 0 Å². The number of ether oxygens (including phenoxy) is 5. The molecule has 0 N–H and O–H groups in total. The molecule has 0 radical (unpaired) electrons. The highest BCUT2D eigenvalue weighted by molar-refractivity contribution is 6.09. The zero-order valence-corrected chi connectivity index (χ0v) is 17.6. The van der Waals surface area contributed by atoms with Gasteiger partial charge in [0, 0.05) is 0 Å². The lowest BCUT2D eigenvalue weighted by Gasteiger charge is -2.14. The number of allylic oxidation sites excluding steroid dienone is 1. The van der Waals surface area contributed by atoms with E-state index in [2.05, 4.69) is 0 Å². The first-order valence-electron chi connectivity index (χ1n) is 9.58. The van der Waals surface area contributed by atoms with Crippen molar-refractivity contribution in [1.82, 2.24) is 0 Å². The Hall–Kier alpha value is -3.15. The van der Waals surface area contributed by atoms with Gasteiger partial charge in [-0.25, -0.2) is 0 Å². The summed E-state index contributed by atoms with van der Waals surface area (Å²) < 4.78 is 27.5. The van der Waals surface area contributed by atoms with Crippen LogP contribution in [0.2, 0.25) is 0 Å². The molecule has 0 aromatic heterocycles. The Bertz CT molecular complexity index is 831. The van der Waals surface area contributed by atoms with Crippen LogP contribution in [0.3, 0.4) is 0 Å². The molecule has 29 heavy (non-hydrogen) atoms. The molecule has 0 saturated heterocycles. The molecule has 0 fully saturated rings. The van der Waals surface area contributed by atoms with Crippen molar-refractivity contribution in [2.75, 3.05) is 34.0 Å². The van der Waals surface area contributed by atoms with E-state index in [0.717, 1.165) is 5.56 Å². The maximum absolute atomic E-state index is 12.8. The molecule has 0 atom stereocenters. The number of benzene rings is 2. The van der Waals surface area contributed by atoms with E-state index in [4.69, 9.17) is 23.7 Å². The molecule has 0 aliphatic carbocycles. The molecule has 0 spiro atoms. The van der Waals surface area contributed by atoms with E-state index in [1.807, 2.05) is 20.8 Å². The van der Waals surface area contributed by atoms with Gasteiger partial charge in [-0.2, -0.15) is 0 Å². The maximum atomic E-state index is 12.8. The zero-order chi connectivity index (χ0) is 21.2. The number of hydrogen-bond donors (Lipinski definition) is 0. The largest absolute Gasteiger partial charge is 0.494 e. The Morgan fingerprint density at radius 3 is 2.00 bits per heavy atom. The van der Waals surface area contributed by atoms with Gasteiger partial charge in [0.1, 0.15) is 11.5 Å². The fourth-order valence-corrected chi connectivity index (χ4v) is 2.78. The van der Waals surface area contributed by atoms with Crippen molar-refractivity contribution in [1.29, 1.82) is 0 Å². The van der Waals surface area contributed by atoms with Crippen LogP contribution in [0.25, 0.3) is 6.08 Å². The van der Waals surface area contributed by atoms with Crippen LogP contribution < -0.4 is 23.7 Å². The molecule has 0 amide bonds. The Morgan fingerprint density at radius 2 is 1.45 bits per heavy atom. The first-order chi connectivity index (χ1) is 14.1. The predicted octanol–water partition coefficient (Wildman–Crippen LogP) is 4.80. The summed E-state index contributed by atoms with van der Waals surface area (Å²) in [7, 11) is 3.12. The van der Waals surface area contributed by atoms with Gasteiger partial charge in [-0.05, 0) is 62.7 Å². The van der Waals surface area contributed by atoms with Crippen LogP contribution in [0, 0.1) is 0 Å². The average molecular weight is 400 g/mol. The predicted molar refractivity (Wildman–Crippen MR) is 113 cm³/mol. The van der Waals surface area contributed by atoms with Crippen molar-refractivity contribution < 1.29 is 28.5 Å². The van der Waals surface area contributed by atoms with Gasteiger partial charge in [-0.1, -0.05) is 6.08 Å². The summed E-state index contributed by atoms with van der Waals surface area (Å²) >= 11 is 0. The molecule has 2 rings (SSSR count). The standard InChI is InChI=1S/C23H28O6/c1-6-27-17-10-12-20(28-7-2)18(15-17)19(24)11-9-16-13-21(25-4)23(29-8-3)22(14-16)26-5/h9-15H,6-8H2,1-5H3/b11-9+. The molecule has 0 heterocycles. The number of carbonyl (C=O) groups excluding carboxylic acids is 1. The molecule has 2 aromatic carbocycles. The Labute approximate surface area is 172 Å². The van der Waals surface area contributed by atoms with E-state index in [9.17, 15) is 4.79 Å². The van der Waals surface area contributed by atoms with Gasteiger partial charge in [0.05, 0.1) is 39.6 Å². The maximum Gasteiger partial charge on any atom is 0.203 e. The van der Waals surface area contributed by atoms with Crippen LogP contribution in [0.4, 0.5) is 0 Å². The number of ketones is 1. The van der Waals surface area contributed by atoms with Gasteiger partial charge in [-0.3, -0.25) is 4.79 Å². The molecule has 0 aliphatic rings. The van der Waals surface area contributed by atoms with Gasteiger partial charge in [0.25, 0.3) is 0 Å². The van der Waals surface area contributed by atoms with E-state index in [-0.39, 0.29) is 5.78 Å². The summed E-state index contributed by atoms with van der Waals surface area (Å²) in [5.74, 6) is 2.55. The van der Waals surface area contributed by atoms with E-state index in [1.165, 1.54) is 6.08 Å². The van der Waals surface area contributed by atoms with Crippen molar-refractivity contribution in [3.05, 3.63) is 47.5 Å². The molecule has 6 nitrogen and oxygen atoms in total. The minimum atomic E-state index is -0.193. The average Bonchev–Trinajstić information content (AvgIpc) is 2.74. The highest BCUT2D eigenvalue weighted by atomic mass is 16.5. The molecule has 2 aromatic rings. The second-order valence-corrected chi connectivity index (χ2v) is 5.91. The van der Waals surface area contributed by atoms with Crippen LogP contribution >= 0.6 is 0 Å². The third kappa shape index (κ3) is 5.67. The van der Waals surface area contributed by atoms with Crippen LogP contribution in [0.15, 0.2) is 36.4 Å². The van der Waals surface area contributed by atoms with E-state index < -0.39 is 0 Å². The molecular formula is C23H28O6. The first-order valence-corrected chi connectivity index (χ1v) is 9.58. The lowest BCUT2D eigenvalue weighted by Crippen LogP contribution is -2.03. The number of hydrogen-bond acceptors (Lipinski definition) is 6. The highest BCUT2D eigenvalue weighted by Crippen LogP contribution is 2.39. The van der Waals surface area contributed by atoms with Crippen molar-refractivity contribution >= 4 is 11.9 Å². The smallest absolute Gasteiger partial charge is 0.203 e. The number of rotatable bonds is 11. The van der Waals surface area contributed by atoms with Crippen LogP contribution in [-0.4, -0.2) is 39.8 Å². The molecular weight excluding hydrogens is 372 g/mol. The molecule has 6 heteroatoms. The van der Waals surface area contributed by atoms with Crippen molar-refractivity contribution in [2.45, 2.75) is 20.8 Å². The minimum absolute atomic E-state index is 0.193. The van der Waals surface area contributed by atoms with Gasteiger partial charge < -0.3 is 23.7 Å². The second-order valence-electron chi connectivity index (χ2n) is 5.91. The van der Waals surface area contributed by atoms with E-state index >= 15 is 0 Å². The lowest BCUT2D eigenvalue weighted by atomic mass is 10.1. The van der Waals surface area contributed by atoms with Crippen molar-refractivity contribution in [2.24, 2.45) is 0 Å². The third-order valence-corrected chi connectivity index (χ3v) is 4.03. The second kappa shape index (κ2) is 11.0. The SMILES string of the molecule is CCOc1ccc(OCC)c(C(=O)/C=C/c2cc(OC)c(OCC)c(OC)c2)c1. The minimum Gasteiger partial charge on any atom is -0.494 e. The van der Waals surface area contributed by atoms with Crippen LogP contribution in [-0.2, 0) is 0 Å². The van der Waals surface area contributed by atoms with E-state index in [1.54, 1.807) is 50.6 Å². The zero-order valence-electron chi connectivity index (χ0n) is 17.6. The summed E-state index contributed by atoms with van der Waals surface area (Å²) in [5, 5.41) is 0. The fourth-order valence-electron chi connectivity index (χ4n) is 2.78. The lowest BCUT2D eigenvalue weighted by molar-refractivity contribution is 0.104. The number of carbonyl (C=O) groups is 1. The normalized spacial score (nSPS) is 10.7. The third-order valence-electron chi connectivity index (χ3n) is 4.03. The van der Waals surface area contributed by atoms with Gasteiger partial charge >= 0.3 is 0 Å². The Morgan fingerprint density at radius 1 is 0.828 bits per heavy atom. The summed E-state index contributed by atoms with van der Waals surface area (Å²) in [5.41, 5.74) is 1.19. The molecule has 156 valence electrons. The molecule has 0 bridgehead atoms. The topological polar surface area (TPSA) is 63.2 Å². The quantitative estimate of drug-likeness (QED) is 0.399. The van der Waals surface area contributed by atoms with Crippen molar-refractivity contribution in [3.63, 3.8) is 0 Å². The van der Waals surface area contributed by atoms with Crippen molar-refractivity contribution in [3.8, 4) is 28.7 Å². The van der Waals surface area contributed by atoms with Gasteiger partial charge in [0.15, 0.2) is 17.3 Å². The highest BCUT2D eigenvalue weighted by Gasteiger charge is 2.15. The summed E-state index contributed by atoms with van der Waals surface area (Å²) in [4.78, 5) is 12.8.